The van der Waals surface area contributed by atoms with Crippen LogP contribution in [0.3, 0.4) is 0 Å². The highest BCUT2D eigenvalue weighted by Crippen LogP contribution is 2.11. The van der Waals surface area contributed by atoms with Gasteiger partial charge >= 0.3 is 0 Å². The summed E-state index contributed by atoms with van der Waals surface area (Å²) >= 11 is 0. The highest BCUT2D eigenvalue weighted by atomic mass is 16.3. The average molecular weight is 377 g/mol. The molecule has 2 amide bonds. The molecule has 6 nitrogen and oxygen atoms in total. The molecule has 0 fully saturated rings. The topological polar surface area (TPSA) is 74.6 Å². The molecule has 0 atom stereocenters. The van der Waals surface area contributed by atoms with Gasteiger partial charge in [-0.05, 0) is 35.9 Å². The van der Waals surface area contributed by atoms with Crippen molar-refractivity contribution in [3.8, 4) is 0 Å². The number of likely N-dealkylation sites (N-methyl/N-ethyl adjacent to an activating group) is 1. The van der Waals surface area contributed by atoms with Gasteiger partial charge in [0.05, 0.1) is 19.4 Å². The third-order valence-corrected chi connectivity index (χ3v) is 4.26. The summed E-state index contributed by atoms with van der Waals surface area (Å²) in [5.41, 5.74) is 2.31. The van der Waals surface area contributed by atoms with Crippen molar-refractivity contribution in [3.05, 3.63) is 89.9 Å². The number of benzene rings is 2. The number of hydrogen-bond donors (Lipinski definition) is 2. The van der Waals surface area contributed by atoms with Gasteiger partial charge in [0.15, 0.2) is 0 Å². The first-order chi connectivity index (χ1) is 13.6. The van der Waals surface area contributed by atoms with Gasteiger partial charge in [0.1, 0.15) is 5.76 Å². The Balaban J connectivity index is 1.51. The lowest BCUT2D eigenvalue weighted by Gasteiger charge is -2.18. The van der Waals surface area contributed by atoms with Crippen LogP contribution in [-0.2, 0) is 17.9 Å². The molecule has 3 aromatic rings. The molecule has 0 aliphatic carbocycles. The van der Waals surface area contributed by atoms with Gasteiger partial charge < -0.3 is 20.0 Å². The Morgan fingerprint density at radius 2 is 1.82 bits per heavy atom. The molecule has 2 aromatic carbocycles. The van der Waals surface area contributed by atoms with E-state index in [0.717, 1.165) is 5.56 Å². The molecule has 6 heteroatoms. The Kier molecular flexibility index (Phi) is 6.46. The van der Waals surface area contributed by atoms with E-state index in [-0.39, 0.29) is 18.4 Å². The maximum atomic E-state index is 12.3. The Bertz CT molecular complexity index is 908. The van der Waals surface area contributed by atoms with E-state index >= 15 is 0 Å². The summed E-state index contributed by atoms with van der Waals surface area (Å²) in [5.74, 6) is 0.457. The maximum absolute atomic E-state index is 12.3. The number of rotatable bonds is 8. The zero-order chi connectivity index (χ0) is 19.8. The van der Waals surface area contributed by atoms with E-state index in [1.807, 2.05) is 36.4 Å². The van der Waals surface area contributed by atoms with Crippen LogP contribution in [0, 0.1) is 0 Å². The van der Waals surface area contributed by atoms with E-state index in [0.29, 0.717) is 30.1 Å². The second-order valence-electron chi connectivity index (χ2n) is 6.43. The van der Waals surface area contributed by atoms with Gasteiger partial charge in [-0.25, -0.2) is 0 Å². The normalized spacial score (nSPS) is 10.3. The smallest absolute Gasteiger partial charge is 0.251 e. The van der Waals surface area contributed by atoms with Crippen molar-refractivity contribution in [2.24, 2.45) is 0 Å². The van der Waals surface area contributed by atoms with E-state index in [4.69, 9.17) is 4.42 Å². The van der Waals surface area contributed by atoms with Crippen LogP contribution in [0.5, 0.6) is 0 Å². The lowest BCUT2D eigenvalue weighted by molar-refractivity contribution is -0.128. The van der Waals surface area contributed by atoms with Crippen LogP contribution in [0.15, 0.2) is 77.4 Å². The quantitative estimate of drug-likeness (QED) is 0.632. The number of anilines is 1. The van der Waals surface area contributed by atoms with Gasteiger partial charge in [-0.2, -0.15) is 0 Å². The van der Waals surface area contributed by atoms with Crippen LogP contribution >= 0.6 is 0 Å². The molecule has 1 aromatic heterocycles. The largest absolute Gasteiger partial charge is 0.467 e. The zero-order valence-corrected chi connectivity index (χ0v) is 15.7. The molecular formula is C22H23N3O3. The minimum absolute atomic E-state index is 0.0310. The van der Waals surface area contributed by atoms with Crippen molar-refractivity contribution in [2.45, 2.75) is 13.1 Å². The molecular weight excluding hydrogens is 354 g/mol. The molecule has 144 valence electrons. The summed E-state index contributed by atoms with van der Waals surface area (Å²) in [5, 5.41) is 5.89. The molecule has 0 saturated heterocycles. The van der Waals surface area contributed by atoms with Crippen LogP contribution in [0.1, 0.15) is 21.7 Å². The molecule has 0 unspecified atom stereocenters. The van der Waals surface area contributed by atoms with Crippen molar-refractivity contribution in [2.75, 3.05) is 18.9 Å². The molecule has 3 rings (SSSR count). The van der Waals surface area contributed by atoms with E-state index in [9.17, 15) is 9.59 Å². The molecule has 0 radical (unpaired) electrons. The van der Waals surface area contributed by atoms with Gasteiger partial charge in [-0.15, -0.1) is 0 Å². The predicted molar refractivity (Wildman–Crippen MR) is 108 cm³/mol. The van der Waals surface area contributed by atoms with Crippen LogP contribution in [0.2, 0.25) is 0 Å². The fourth-order valence-electron chi connectivity index (χ4n) is 2.71. The third-order valence-electron chi connectivity index (χ3n) is 4.26. The molecule has 0 spiro atoms. The van der Waals surface area contributed by atoms with Gasteiger partial charge in [-0.1, -0.05) is 36.4 Å². The first-order valence-electron chi connectivity index (χ1n) is 9.04. The SMILES string of the molecule is CN(Cc1ccccc1)C(=O)CNc1cccc(C(=O)NCc2ccco2)c1. The molecule has 2 N–H and O–H groups in total. The summed E-state index contributed by atoms with van der Waals surface area (Å²) in [6, 6.07) is 20.5. The number of nitrogens with one attached hydrogen (secondary N) is 2. The fourth-order valence-corrected chi connectivity index (χ4v) is 2.71. The van der Waals surface area contributed by atoms with Gasteiger partial charge in [0.25, 0.3) is 5.91 Å². The van der Waals surface area contributed by atoms with Crippen LogP contribution in [0.4, 0.5) is 5.69 Å². The van der Waals surface area contributed by atoms with Crippen molar-refractivity contribution < 1.29 is 14.0 Å². The average Bonchev–Trinajstić information content (AvgIpc) is 3.25. The lowest BCUT2D eigenvalue weighted by Crippen LogP contribution is -2.31. The van der Waals surface area contributed by atoms with Crippen molar-refractivity contribution >= 4 is 17.5 Å². The number of nitrogens with zero attached hydrogens (tertiary/aromatic N) is 1. The summed E-state index contributed by atoms with van der Waals surface area (Å²) in [4.78, 5) is 26.3. The summed E-state index contributed by atoms with van der Waals surface area (Å²) in [6.07, 6.45) is 1.57. The highest BCUT2D eigenvalue weighted by Gasteiger charge is 2.10. The molecule has 0 saturated carbocycles. The van der Waals surface area contributed by atoms with E-state index in [1.165, 1.54) is 0 Å². The second kappa shape index (κ2) is 9.41. The Hall–Kier alpha value is -3.54. The van der Waals surface area contributed by atoms with Gasteiger partial charge in [0.2, 0.25) is 5.91 Å². The summed E-state index contributed by atoms with van der Waals surface area (Å²) in [6.45, 7) is 1.03. The Labute approximate surface area is 164 Å². The van der Waals surface area contributed by atoms with Crippen molar-refractivity contribution in [1.82, 2.24) is 10.2 Å². The summed E-state index contributed by atoms with van der Waals surface area (Å²) in [7, 11) is 1.77. The molecule has 0 bridgehead atoms. The molecule has 28 heavy (non-hydrogen) atoms. The minimum atomic E-state index is -0.201. The first-order valence-corrected chi connectivity index (χ1v) is 9.04. The maximum Gasteiger partial charge on any atom is 0.251 e. The predicted octanol–water partition coefficient (Wildman–Crippen LogP) is 3.28. The molecule has 1 heterocycles. The number of furan rings is 1. The highest BCUT2D eigenvalue weighted by molar-refractivity contribution is 5.95. The Morgan fingerprint density at radius 1 is 1.00 bits per heavy atom. The fraction of sp³-hybridized carbons (Fsp3) is 0.182. The second-order valence-corrected chi connectivity index (χ2v) is 6.43. The van der Waals surface area contributed by atoms with E-state index < -0.39 is 0 Å². The van der Waals surface area contributed by atoms with Crippen LogP contribution < -0.4 is 10.6 Å². The van der Waals surface area contributed by atoms with Gasteiger partial charge in [0, 0.05) is 24.8 Å². The summed E-state index contributed by atoms with van der Waals surface area (Å²) < 4.78 is 5.20. The first kappa shape index (κ1) is 19.2. The lowest BCUT2D eigenvalue weighted by atomic mass is 10.2. The number of amides is 2. The van der Waals surface area contributed by atoms with E-state index in [2.05, 4.69) is 10.6 Å². The molecule has 0 aliphatic rings. The van der Waals surface area contributed by atoms with Crippen LogP contribution in [0.25, 0.3) is 0 Å². The number of carbonyl (C=O) groups is 2. The van der Waals surface area contributed by atoms with Crippen molar-refractivity contribution in [1.29, 1.82) is 0 Å². The standard InChI is InChI=1S/C22H23N3O3/c1-25(16-17-7-3-2-4-8-17)21(26)15-23-19-10-5-9-18(13-19)22(27)24-14-20-11-6-12-28-20/h2-13,23H,14-16H2,1H3,(H,24,27). The minimum Gasteiger partial charge on any atom is -0.467 e. The third kappa shape index (κ3) is 5.48. The monoisotopic (exact) mass is 377 g/mol. The van der Waals surface area contributed by atoms with E-state index in [1.54, 1.807) is 48.5 Å². The molecule has 0 aliphatic heterocycles. The number of carbonyl (C=O) groups excluding carboxylic acids is 2. The Morgan fingerprint density at radius 3 is 2.57 bits per heavy atom. The van der Waals surface area contributed by atoms with Crippen LogP contribution in [-0.4, -0.2) is 30.3 Å². The van der Waals surface area contributed by atoms with Crippen molar-refractivity contribution in [3.63, 3.8) is 0 Å². The number of hydrogen-bond acceptors (Lipinski definition) is 4. The van der Waals surface area contributed by atoms with Gasteiger partial charge in [-0.3, -0.25) is 9.59 Å². The zero-order valence-electron chi connectivity index (χ0n) is 15.7.